The van der Waals surface area contributed by atoms with Crippen LogP contribution in [-0.4, -0.2) is 48.2 Å². The lowest BCUT2D eigenvalue weighted by molar-refractivity contribution is 0.0870. The van der Waals surface area contributed by atoms with E-state index in [2.05, 4.69) is 16.9 Å². The lowest BCUT2D eigenvalue weighted by Crippen LogP contribution is -2.45. The van der Waals surface area contributed by atoms with Crippen molar-refractivity contribution in [1.29, 1.82) is 0 Å². The molecule has 0 fully saturated rings. The van der Waals surface area contributed by atoms with Crippen LogP contribution in [0.3, 0.4) is 0 Å². The molecule has 0 amide bonds. The number of rotatable bonds is 8. The second-order valence-electron chi connectivity index (χ2n) is 2.83. The maximum Gasteiger partial charge on any atom is 0.714 e. The molecule has 128 valence electrons. The first-order valence-electron chi connectivity index (χ1n) is 3.88. The Hall–Kier alpha value is 0.657. The molecule has 0 heterocycles. The highest BCUT2D eigenvalue weighted by atomic mass is 31.2. The standard InChI is InChI=1S/H8O16P4Si/c1-17(2,3)13-21(14-18(4,5)6,15-19(7,8)9)16-20(10,11)12/h(H2,1,2,3)(H2,4,5,6)(H2,7,8,9)(H2,10,11,12). The van der Waals surface area contributed by atoms with Crippen LogP contribution >= 0.6 is 31.3 Å². The summed E-state index contributed by atoms with van der Waals surface area (Å²) in [6.45, 7) is 0. The van der Waals surface area contributed by atoms with Gasteiger partial charge < -0.3 is 39.1 Å². The van der Waals surface area contributed by atoms with Gasteiger partial charge >= 0.3 is 40.3 Å². The molecule has 0 aliphatic carbocycles. The summed E-state index contributed by atoms with van der Waals surface area (Å²) in [4.78, 5) is 67.7. The van der Waals surface area contributed by atoms with E-state index in [1.807, 2.05) is 0 Å². The molecule has 0 unspecified atom stereocenters. The summed E-state index contributed by atoms with van der Waals surface area (Å²) in [5.74, 6) is 0. The quantitative estimate of drug-likeness (QED) is 0.155. The number of phosphoric acid groups is 4. The van der Waals surface area contributed by atoms with Crippen molar-refractivity contribution in [3.8, 4) is 0 Å². The van der Waals surface area contributed by atoms with Gasteiger partial charge in [0.15, 0.2) is 0 Å². The maximum atomic E-state index is 10.6. The Morgan fingerprint density at radius 2 is 0.619 bits per heavy atom. The van der Waals surface area contributed by atoms with Crippen LogP contribution in [-0.2, 0) is 35.1 Å². The minimum atomic E-state index is -6.39. The lowest BCUT2D eigenvalue weighted by atomic mass is 15.6. The van der Waals surface area contributed by atoms with Gasteiger partial charge in [0.2, 0.25) is 0 Å². The van der Waals surface area contributed by atoms with Crippen molar-refractivity contribution in [2.45, 2.75) is 0 Å². The molecule has 0 spiro atoms. The fourth-order valence-electron chi connectivity index (χ4n) is 0.683. The van der Waals surface area contributed by atoms with Crippen LogP contribution < -0.4 is 0 Å². The predicted molar refractivity (Wildman–Crippen MR) is 58.3 cm³/mol. The summed E-state index contributed by atoms with van der Waals surface area (Å²) in [5.41, 5.74) is 0. The normalized spacial score (nSPS) is 15.2. The van der Waals surface area contributed by atoms with Crippen molar-refractivity contribution in [3.05, 3.63) is 0 Å². The Morgan fingerprint density at radius 1 is 0.476 bits per heavy atom. The third kappa shape index (κ3) is 11.8. The average Bonchev–Trinajstić information content (AvgIpc) is 1.83. The highest BCUT2D eigenvalue weighted by molar-refractivity contribution is 7.54. The Kier molecular flexibility index (Phi) is 6.85. The van der Waals surface area contributed by atoms with E-state index in [9.17, 15) is 18.3 Å². The zero-order chi connectivity index (χ0) is 17.3. The Labute approximate surface area is 115 Å². The van der Waals surface area contributed by atoms with E-state index in [1.54, 1.807) is 0 Å². The molecule has 0 aromatic rings. The van der Waals surface area contributed by atoms with E-state index in [0.717, 1.165) is 0 Å². The van der Waals surface area contributed by atoms with Gasteiger partial charge in [0, 0.05) is 0 Å². The molecule has 8 N–H and O–H groups in total. The monoisotopic (exact) mass is 416 g/mol. The van der Waals surface area contributed by atoms with E-state index in [0.29, 0.717) is 0 Å². The SMILES string of the molecule is O=P(O)(O)O[Si](OP(=O)(O)O)(OP(=O)(O)O)OP(=O)(O)O. The highest BCUT2D eigenvalue weighted by Gasteiger charge is 2.63. The van der Waals surface area contributed by atoms with E-state index < -0.39 is 40.3 Å². The molecule has 0 bridgehead atoms. The molecule has 0 aromatic heterocycles. The van der Waals surface area contributed by atoms with Gasteiger partial charge in [-0.25, -0.2) is 18.3 Å². The predicted octanol–water partition coefficient (Wildman–Crippen LogP) is -2.14. The molecular formula is H8O16P4Si. The number of hydrogen-bond donors (Lipinski definition) is 8. The van der Waals surface area contributed by atoms with Gasteiger partial charge in [0.1, 0.15) is 0 Å². The van der Waals surface area contributed by atoms with Gasteiger partial charge in [0.25, 0.3) is 0 Å². The van der Waals surface area contributed by atoms with E-state index in [1.165, 1.54) is 0 Å². The van der Waals surface area contributed by atoms with Crippen LogP contribution in [0.5, 0.6) is 0 Å². The largest absolute Gasteiger partial charge is 0.714 e. The fourth-order valence-corrected chi connectivity index (χ4v) is 7.94. The Balaban J connectivity index is 5.93. The third-order valence-electron chi connectivity index (χ3n) is 0.923. The first-order valence-corrected chi connectivity index (χ1v) is 11.6. The Bertz CT molecular complexity index is 433. The minimum Gasteiger partial charge on any atom is -0.303 e. The molecular weight excluding hydrogens is 408 g/mol. The maximum absolute atomic E-state index is 10.6. The van der Waals surface area contributed by atoms with Gasteiger partial charge in [-0.2, -0.15) is 0 Å². The van der Waals surface area contributed by atoms with Crippen LogP contribution in [0.25, 0.3) is 0 Å². The second-order valence-corrected chi connectivity index (χ2v) is 10.7. The summed E-state index contributed by atoms with van der Waals surface area (Å²) in [7, 11) is -29.9. The van der Waals surface area contributed by atoms with Crippen LogP contribution in [0.1, 0.15) is 0 Å². The molecule has 0 rings (SSSR count). The van der Waals surface area contributed by atoms with Crippen LogP contribution in [0.2, 0.25) is 0 Å². The molecule has 0 atom stereocenters. The van der Waals surface area contributed by atoms with Crippen molar-refractivity contribution >= 4 is 40.3 Å². The molecule has 0 aliphatic heterocycles. The summed E-state index contributed by atoms with van der Waals surface area (Å²) < 4.78 is 56.1. The molecule has 0 saturated carbocycles. The molecule has 0 aliphatic rings. The summed E-state index contributed by atoms with van der Waals surface area (Å²) >= 11 is 0. The summed E-state index contributed by atoms with van der Waals surface area (Å²) in [6.07, 6.45) is 0. The van der Waals surface area contributed by atoms with Crippen molar-refractivity contribution in [2.75, 3.05) is 0 Å². The highest BCUT2D eigenvalue weighted by Crippen LogP contribution is 2.56. The molecule has 0 saturated heterocycles. The summed E-state index contributed by atoms with van der Waals surface area (Å²) in [6, 6.07) is 0. The smallest absolute Gasteiger partial charge is 0.303 e. The van der Waals surface area contributed by atoms with Gasteiger partial charge in [-0.1, -0.05) is 0 Å². The molecule has 21 heteroatoms. The number of hydrogen-bond acceptors (Lipinski definition) is 8. The van der Waals surface area contributed by atoms with E-state index >= 15 is 0 Å². The zero-order valence-corrected chi connectivity index (χ0v) is 13.7. The summed E-state index contributed by atoms with van der Waals surface area (Å²) in [5, 5.41) is 0. The van der Waals surface area contributed by atoms with E-state index in [-0.39, 0.29) is 0 Å². The van der Waals surface area contributed by atoms with Crippen molar-refractivity contribution in [1.82, 2.24) is 0 Å². The van der Waals surface area contributed by atoms with Crippen LogP contribution in [0.4, 0.5) is 0 Å². The first kappa shape index (κ1) is 21.7. The van der Waals surface area contributed by atoms with Crippen molar-refractivity contribution < 1.29 is 74.3 Å². The van der Waals surface area contributed by atoms with Gasteiger partial charge in [-0.05, 0) is 0 Å². The first-order chi connectivity index (χ1) is 8.83. The van der Waals surface area contributed by atoms with Crippen molar-refractivity contribution in [2.24, 2.45) is 0 Å². The third-order valence-corrected chi connectivity index (χ3v) is 8.31. The lowest BCUT2D eigenvalue weighted by Gasteiger charge is -2.27. The zero-order valence-electron chi connectivity index (χ0n) is 9.13. The Morgan fingerprint density at radius 3 is 0.714 bits per heavy atom. The molecule has 16 nitrogen and oxygen atoms in total. The van der Waals surface area contributed by atoms with Crippen LogP contribution in [0.15, 0.2) is 0 Å². The topological polar surface area (TPSA) is 267 Å². The van der Waals surface area contributed by atoms with Crippen molar-refractivity contribution in [3.63, 3.8) is 0 Å². The van der Waals surface area contributed by atoms with E-state index in [4.69, 9.17) is 39.1 Å². The second kappa shape index (κ2) is 6.65. The molecule has 0 aromatic carbocycles. The molecule has 21 heavy (non-hydrogen) atoms. The van der Waals surface area contributed by atoms with Gasteiger partial charge in [-0.3, -0.25) is 16.9 Å². The minimum absolute atomic E-state index is 3.42. The van der Waals surface area contributed by atoms with Crippen LogP contribution in [0, 0.1) is 0 Å². The fraction of sp³-hybridized carbons (Fsp3) is 0. The molecule has 0 radical (unpaired) electrons. The van der Waals surface area contributed by atoms with Gasteiger partial charge in [0.05, 0.1) is 0 Å². The average molecular weight is 416 g/mol. The van der Waals surface area contributed by atoms with Gasteiger partial charge in [-0.15, -0.1) is 0 Å².